The summed E-state index contributed by atoms with van der Waals surface area (Å²) in [5.41, 5.74) is 10.2. The van der Waals surface area contributed by atoms with E-state index in [0.29, 0.717) is 30.0 Å². The van der Waals surface area contributed by atoms with Gasteiger partial charge in [-0.25, -0.2) is 0 Å². The van der Waals surface area contributed by atoms with E-state index in [1.54, 1.807) is 0 Å². The van der Waals surface area contributed by atoms with Crippen molar-refractivity contribution >= 4 is 0 Å². The summed E-state index contributed by atoms with van der Waals surface area (Å²) in [7, 11) is 0. The number of aryl methyl sites for hydroxylation is 1. The molecule has 2 fully saturated rings. The summed E-state index contributed by atoms with van der Waals surface area (Å²) in [4.78, 5) is 0. The van der Waals surface area contributed by atoms with Crippen LogP contribution in [0, 0.1) is 10.8 Å². The molecule has 0 aromatic heterocycles. The predicted molar refractivity (Wildman–Crippen MR) is 173 cm³/mol. The highest BCUT2D eigenvalue weighted by molar-refractivity contribution is 5.64. The average molecular weight is 567 g/mol. The summed E-state index contributed by atoms with van der Waals surface area (Å²) >= 11 is 0. The van der Waals surface area contributed by atoms with Gasteiger partial charge in [0.1, 0.15) is 18.5 Å². The van der Waals surface area contributed by atoms with Gasteiger partial charge in [0.2, 0.25) is 0 Å². The van der Waals surface area contributed by atoms with Crippen molar-refractivity contribution in [3.63, 3.8) is 0 Å². The minimum absolute atomic E-state index is 0.167. The predicted octanol–water partition coefficient (Wildman–Crippen LogP) is 9.30. The van der Waals surface area contributed by atoms with Crippen LogP contribution >= 0.6 is 0 Å². The number of ether oxygens (including phenoxy) is 3. The number of hydrogen-bond donors (Lipinski definition) is 0. The van der Waals surface area contributed by atoms with Crippen LogP contribution in [0.5, 0.6) is 5.75 Å². The van der Waals surface area contributed by atoms with Gasteiger partial charge in [-0.3, -0.25) is 0 Å². The Labute approximate surface area is 254 Å². The van der Waals surface area contributed by atoms with Gasteiger partial charge in [-0.15, -0.1) is 0 Å². The molecule has 224 valence electrons. The average Bonchev–Trinajstić information content (AvgIpc) is 3.91. The number of rotatable bonds is 14. The maximum absolute atomic E-state index is 6.62. The zero-order valence-corrected chi connectivity index (χ0v) is 26.7. The Kier molecular flexibility index (Phi) is 8.28. The highest BCUT2D eigenvalue weighted by atomic mass is 16.6. The van der Waals surface area contributed by atoms with Crippen LogP contribution in [0.4, 0.5) is 0 Å². The highest BCUT2D eigenvalue weighted by Crippen LogP contribution is 2.60. The zero-order valence-electron chi connectivity index (χ0n) is 26.7. The van der Waals surface area contributed by atoms with Gasteiger partial charge in [0.25, 0.3) is 0 Å². The fourth-order valence-electron chi connectivity index (χ4n) is 6.95. The van der Waals surface area contributed by atoms with Crippen LogP contribution in [0.2, 0.25) is 0 Å². The van der Waals surface area contributed by atoms with E-state index in [2.05, 4.69) is 102 Å². The Balaban J connectivity index is 1.26. The van der Waals surface area contributed by atoms with Crippen LogP contribution in [0.1, 0.15) is 100 Å². The van der Waals surface area contributed by atoms with Crippen molar-refractivity contribution in [2.45, 2.75) is 104 Å². The molecule has 2 aliphatic heterocycles. The largest absolute Gasteiger partial charge is 0.490 e. The number of fused-ring (bicyclic) bond motifs is 2. The van der Waals surface area contributed by atoms with E-state index in [4.69, 9.17) is 14.2 Å². The summed E-state index contributed by atoms with van der Waals surface area (Å²) in [6.07, 6.45) is 7.30. The highest BCUT2D eigenvalue weighted by Gasteiger charge is 2.46. The molecule has 3 heteroatoms. The van der Waals surface area contributed by atoms with Crippen LogP contribution < -0.4 is 4.74 Å². The van der Waals surface area contributed by atoms with Crippen LogP contribution in [-0.4, -0.2) is 32.0 Å². The molecule has 3 nitrogen and oxygen atoms in total. The molecule has 4 atom stereocenters. The minimum Gasteiger partial charge on any atom is -0.490 e. The molecule has 2 bridgehead atoms. The van der Waals surface area contributed by atoms with Gasteiger partial charge >= 0.3 is 0 Å². The normalized spacial score (nSPS) is 22.8. The lowest BCUT2D eigenvalue weighted by Gasteiger charge is -2.36. The first kappa shape index (κ1) is 29.5. The molecule has 3 aromatic rings. The Hall–Kier alpha value is -2.62. The second-order valence-corrected chi connectivity index (χ2v) is 14.5. The molecule has 2 heterocycles. The standard InChI is InChI=1S/C39H50O3/c1-7-38(3,4)22-27-11-15-29(16-12-27)28-13-9-26(10-14-28)21-34-35-30(17-19-31-23-40-31)18-20-33(36(34)39(5,6)8-2)37(35)42-25-32-24-41-32/h9-16,18,20,31-32,34,36H,7-8,17,19,21-25H2,1-6H3. The number of epoxide rings is 2. The summed E-state index contributed by atoms with van der Waals surface area (Å²) in [6, 6.07) is 23.3. The first-order chi connectivity index (χ1) is 20.2. The van der Waals surface area contributed by atoms with Crippen LogP contribution in [-0.2, 0) is 28.7 Å². The van der Waals surface area contributed by atoms with Crippen molar-refractivity contribution in [1.82, 2.24) is 0 Å². The maximum Gasteiger partial charge on any atom is 0.126 e. The van der Waals surface area contributed by atoms with Gasteiger partial charge in [0.15, 0.2) is 0 Å². The summed E-state index contributed by atoms with van der Waals surface area (Å²) in [6.45, 7) is 16.6. The van der Waals surface area contributed by atoms with E-state index in [1.807, 2.05) is 0 Å². The van der Waals surface area contributed by atoms with E-state index in [0.717, 1.165) is 51.1 Å². The third kappa shape index (κ3) is 6.48. The summed E-state index contributed by atoms with van der Waals surface area (Å²) in [5, 5.41) is 0. The van der Waals surface area contributed by atoms with Crippen molar-refractivity contribution in [3.05, 3.63) is 88.5 Å². The van der Waals surface area contributed by atoms with Gasteiger partial charge in [-0.1, -0.05) is 115 Å². The summed E-state index contributed by atoms with van der Waals surface area (Å²) in [5.74, 6) is 1.99. The quantitative estimate of drug-likeness (QED) is 0.182. The van der Waals surface area contributed by atoms with E-state index in [1.165, 1.54) is 45.4 Å². The SMILES string of the molecule is CCC(C)(C)Cc1ccc(-c2ccc(CC3c4c(CCC5CO5)ccc(c4OCC4CO4)C3C(C)(C)CC)cc2)cc1. The lowest BCUT2D eigenvalue weighted by Crippen LogP contribution is -2.25. The van der Waals surface area contributed by atoms with Crippen molar-refractivity contribution in [3.8, 4) is 16.9 Å². The van der Waals surface area contributed by atoms with E-state index in [-0.39, 0.29) is 11.5 Å². The lowest BCUT2D eigenvalue weighted by molar-refractivity contribution is 0.242. The van der Waals surface area contributed by atoms with Gasteiger partial charge in [-0.2, -0.15) is 0 Å². The third-order valence-corrected chi connectivity index (χ3v) is 10.5. The van der Waals surface area contributed by atoms with E-state index >= 15 is 0 Å². The van der Waals surface area contributed by atoms with Gasteiger partial charge in [0.05, 0.1) is 19.3 Å². The van der Waals surface area contributed by atoms with Crippen LogP contribution in [0.15, 0.2) is 60.7 Å². The smallest absolute Gasteiger partial charge is 0.126 e. The van der Waals surface area contributed by atoms with Crippen molar-refractivity contribution < 1.29 is 14.2 Å². The molecular formula is C39H50O3. The number of benzene rings is 3. The van der Waals surface area contributed by atoms with Gasteiger partial charge in [-0.05, 0) is 81.7 Å². The first-order valence-corrected chi connectivity index (χ1v) is 16.4. The molecule has 3 aromatic carbocycles. The maximum atomic E-state index is 6.62. The molecule has 6 rings (SSSR count). The Morgan fingerprint density at radius 3 is 1.95 bits per heavy atom. The lowest BCUT2D eigenvalue weighted by atomic mass is 9.68. The van der Waals surface area contributed by atoms with Crippen LogP contribution in [0.3, 0.4) is 0 Å². The third-order valence-electron chi connectivity index (χ3n) is 10.5. The van der Waals surface area contributed by atoms with E-state index < -0.39 is 0 Å². The Morgan fingerprint density at radius 1 is 0.762 bits per heavy atom. The molecule has 0 saturated carbocycles. The molecule has 0 radical (unpaired) electrons. The molecule has 42 heavy (non-hydrogen) atoms. The Morgan fingerprint density at radius 2 is 1.38 bits per heavy atom. The topological polar surface area (TPSA) is 34.3 Å². The molecule has 1 aliphatic carbocycles. The zero-order chi connectivity index (χ0) is 29.5. The Bertz CT molecular complexity index is 1360. The van der Waals surface area contributed by atoms with E-state index in [9.17, 15) is 0 Å². The summed E-state index contributed by atoms with van der Waals surface area (Å²) < 4.78 is 17.7. The van der Waals surface area contributed by atoms with Gasteiger partial charge < -0.3 is 14.2 Å². The molecular weight excluding hydrogens is 516 g/mol. The second kappa shape index (κ2) is 11.8. The van der Waals surface area contributed by atoms with Crippen molar-refractivity contribution in [1.29, 1.82) is 0 Å². The minimum atomic E-state index is 0.167. The molecule has 0 N–H and O–H groups in total. The fourth-order valence-corrected chi connectivity index (χ4v) is 6.95. The van der Waals surface area contributed by atoms with Crippen LogP contribution in [0.25, 0.3) is 11.1 Å². The van der Waals surface area contributed by atoms with Crippen molar-refractivity contribution in [2.75, 3.05) is 19.8 Å². The molecule has 3 aliphatic rings. The molecule has 4 unspecified atom stereocenters. The first-order valence-electron chi connectivity index (χ1n) is 16.4. The van der Waals surface area contributed by atoms with Gasteiger partial charge in [0, 0.05) is 5.56 Å². The molecule has 0 amide bonds. The fraction of sp³-hybridized carbons (Fsp3) is 0.538. The monoisotopic (exact) mass is 566 g/mol. The molecule has 2 saturated heterocycles. The number of hydrogen-bond acceptors (Lipinski definition) is 3. The van der Waals surface area contributed by atoms with Crippen molar-refractivity contribution in [2.24, 2.45) is 10.8 Å². The molecule has 0 spiro atoms. The second-order valence-electron chi connectivity index (χ2n) is 14.5.